The molecule has 2 heterocycles. The molecule has 0 bridgehead atoms. The van der Waals surface area contributed by atoms with Crippen LogP contribution in [0.3, 0.4) is 0 Å². The molecular formula is C84H106N8O14. The van der Waals surface area contributed by atoms with Crippen molar-refractivity contribution in [3.8, 4) is 0 Å². The van der Waals surface area contributed by atoms with E-state index in [9.17, 15) is 38.4 Å². The van der Waals surface area contributed by atoms with E-state index in [0.29, 0.717) is 36.5 Å². The molecular weight excluding hydrogens is 1340 g/mol. The molecule has 6 fully saturated rings. The van der Waals surface area contributed by atoms with Gasteiger partial charge in [0.05, 0.1) is 12.8 Å². The molecule has 2 saturated heterocycles. The Labute approximate surface area is 622 Å². The summed E-state index contributed by atoms with van der Waals surface area (Å²) in [6, 6.07) is 39.2. The van der Waals surface area contributed by atoms with Crippen molar-refractivity contribution in [2.24, 2.45) is 45.5 Å². The molecule has 22 nitrogen and oxygen atoms in total. The maximum Gasteiger partial charge on any atom is 0.437 e. The minimum absolute atomic E-state index is 0.0426. The molecule has 10 atom stereocenters. The van der Waals surface area contributed by atoms with Gasteiger partial charge in [-0.25, -0.2) is 19.2 Å². The number of amides is 6. The number of carbonyl (C=O) groups excluding carboxylic acids is 8. The second-order valence-electron chi connectivity index (χ2n) is 33.9. The molecule has 0 aromatic heterocycles. The lowest BCUT2D eigenvalue weighted by molar-refractivity contribution is -0.158. The van der Waals surface area contributed by atoms with Gasteiger partial charge in [0.25, 0.3) is 0 Å². The van der Waals surface area contributed by atoms with Crippen molar-refractivity contribution < 1.29 is 66.8 Å². The smallest absolute Gasteiger partial charge is 0.437 e. The molecule has 6 amide bonds. The van der Waals surface area contributed by atoms with Crippen LogP contribution in [0.2, 0.25) is 0 Å². The number of fused-ring (bicyclic) bond motifs is 9. The summed E-state index contributed by atoms with van der Waals surface area (Å²) < 4.78 is 35.3. The number of hydrogen-bond donors (Lipinski definition) is 2. The summed E-state index contributed by atoms with van der Waals surface area (Å²) in [5.41, 5.74) is -0.994. The van der Waals surface area contributed by atoms with Crippen molar-refractivity contribution in [2.75, 3.05) is 52.4 Å². The van der Waals surface area contributed by atoms with Crippen LogP contribution in [0.15, 0.2) is 119 Å². The minimum Gasteiger partial charge on any atom is -0.462 e. The van der Waals surface area contributed by atoms with Gasteiger partial charge in [-0.05, 0) is 224 Å². The first kappa shape index (κ1) is 76.3. The van der Waals surface area contributed by atoms with Crippen LogP contribution < -0.4 is 10.6 Å². The summed E-state index contributed by atoms with van der Waals surface area (Å²) in [4.78, 5) is 124. The number of guanidine groups is 2. The van der Waals surface area contributed by atoms with Gasteiger partial charge in [-0.3, -0.25) is 29.8 Å². The molecule has 22 heteroatoms. The second-order valence-corrected chi connectivity index (χ2v) is 33.9. The summed E-state index contributed by atoms with van der Waals surface area (Å²) in [6.45, 7) is 22.7. The van der Waals surface area contributed by atoms with Gasteiger partial charge >= 0.3 is 36.3 Å². The van der Waals surface area contributed by atoms with Crippen LogP contribution in [0.5, 0.6) is 0 Å². The molecule has 4 aliphatic carbocycles. The number of rotatable bonds is 10. The number of aliphatic imine (C=N–C) groups is 2. The Hall–Kier alpha value is -9.34. The predicted molar refractivity (Wildman–Crippen MR) is 407 cm³/mol. The van der Waals surface area contributed by atoms with Gasteiger partial charge < -0.3 is 48.0 Å². The summed E-state index contributed by atoms with van der Waals surface area (Å²) in [6.07, 6.45) is 2.81. The third-order valence-electron chi connectivity index (χ3n) is 21.8. The number of esters is 2. The van der Waals surface area contributed by atoms with Gasteiger partial charge in [-0.15, -0.1) is 9.98 Å². The highest BCUT2D eigenvalue weighted by Crippen LogP contribution is 2.61. The minimum atomic E-state index is -0.882. The van der Waals surface area contributed by atoms with Crippen molar-refractivity contribution >= 4 is 103 Å². The Kier molecular flexibility index (Phi) is 22.8. The fourth-order valence-corrected chi connectivity index (χ4v) is 17.5. The zero-order valence-electron chi connectivity index (χ0n) is 63.7. The van der Waals surface area contributed by atoms with E-state index in [-0.39, 0.29) is 125 Å². The molecule has 12 rings (SSSR count). The largest absolute Gasteiger partial charge is 0.462 e. The molecule has 2 N–H and O–H groups in total. The maximum atomic E-state index is 14.4. The molecule has 0 radical (unpaired) electrons. The SMILES string of the molecule is CC(C)(C)OC(=O)/N=C(/NC(=O)OC(C)(C)C)N1CCN(C(=O)CCC(=O)O[C@H]2CC[C@@H]3CC4C[C@@H]5CC[C@@H](OC(=O)CCC(=O)N6CCN(/C(=N\C(=O)OC(C)(C)C)NC(=O)OC(C)(C)C)CC6)[C@H](c6ccc7c(ccc8ccccc87)c6)[C@H]5CC4C[C@H]3[C@@H]2c2ccc3c(ccc4ccccc43)c2)CC1. The number of carbonyl (C=O) groups is 8. The van der Waals surface area contributed by atoms with E-state index in [2.05, 4.69) is 130 Å². The lowest BCUT2D eigenvalue weighted by Gasteiger charge is -2.56. The van der Waals surface area contributed by atoms with Crippen LogP contribution in [0.1, 0.15) is 183 Å². The number of benzene rings is 6. The van der Waals surface area contributed by atoms with Crippen molar-refractivity contribution in [1.29, 1.82) is 0 Å². The molecule has 6 aromatic carbocycles. The van der Waals surface area contributed by atoms with E-state index in [1.165, 1.54) is 10.8 Å². The zero-order chi connectivity index (χ0) is 75.6. The van der Waals surface area contributed by atoms with Gasteiger partial charge in [0.2, 0.25) is 23.7 Å². The average Bonchev–Trinajstić information content (AvgIpc) is 0.750. The quantitative estimate of drug-likeness (QED) is 0.0425. The topological polar surface area (TPSA) is 254 Å². The molecule has 6 aliphatic rings. The molecule has 566 valence electrons. The molecule has 106 heavy (non-hydrogen) atoms. The van der Waals surface area contributed by atoms with E-state index in [1.807, 2.05) is 0 Å². The maximum absolute atomic E-state index is 14.4. The number of ether oxygens (including phenoxy) is 6. The highest BCUT2D eigenvalue weighted by molar-refractivity contribution is 6.09. The van der Waals surface area contributed by atoms with Crippen molar-refractivity contribution in [2.45, 2.75) is 207 Å². The molecule has 2 aliphatic heterocycles. The van der Waals surface area contributed by atoms with E-state index in [1.54, 1.807) is 103 Å². The Morgan fingerprint density at radius 2 is 0.717 bits per heavy atom. The highest BCUT2D eigenvalue weighted by Gasteiger charge is 2.53. The van der Waals surface area contributed by atoms with E-state index in [0.717, 1.165) is 82.0 Å². The lowest BCUT2D eigenvalue weighted by atomic mass is 9.50. The van der Waals surface area contributed by atoms with Crippen LogP contribution in [0.4, 0.5) is 19.2 Å². The first-order chi connectivity index (χ1) is 50.2. The number of piperazine rings is 2. The van der Waals surface area contributed by atoms with E-state index >= 15 is 0 Å². The Bertz CT molecular complexity index is 4080. The van der Waals surface area contributed by atoms with Crippen LogP contribution in [0.25, 0.3) is 43.1 Å². The Morgan fingerprint density at radius 3 is 1.09 bits per heavy atom. The van der Waals surface area contributed by atoms with Crippen LogP contribution in [-0.4, -0.2) is 167 Å². The number of nitrogens with one attached hydrogen (secondary N) is 2. The fourth-order valence-electron chi connectivity index (χ4n) is 17.5. The van der Waals surface area contributed by atoms with E-state index in [4.69, 9.17) is 28.4 Å². The monoisotopic (exact) mass is 1450 g/mol. The molecule has 6 aromatic rings. The van der Waals surface area contributed by atoms with Crippen molar-refractivity contribution in [3.05, 3.63) is 120 Å². The third-order valence-corrected chi connectivity index (χ3v) is 21.8. The van der Waals surface area contributed by atoms with Gasteiger partial charge in [0.1, 0.15) is 34.6 Å². The summed E-state index contributed by atoms with van der Waals surface area (Å²) in [7, 11) is 0. The normalized spacial score (nSPS) is 23.9. The summed E-state index contributed by atoms with van der Waals surface area (Å²) >= 11 is 0. The lowest BCUT2D eigenvalue weighted by Crippen LogP contribution is -2.55. The van der Waals surface area contributed by atoms with Gasteiger partial charge in [0.15, 0.2) is 0 Å². The van der Waals surface area contributed by atoms with Gasteiger partial charge in [-0.2, -0.15) is 0 Å². The van der Waals surface area contributed by atoms with Crippen molar-refractivity contribution in [3.63, 3.8) is 0 Å². The van der Waals surface area contributed by atoms with E-state index < -0.39 is 70.9 Å². The highest BCUT2D eigenvalue weighted by atomic mass is 16.6. The zero-order valence-corrected chi connectivity index (χ0v) is 63.7. The van der Waals surface area contributed by atoms with Crippen LogP contribution in [0, 0.1) is 35.5 Å². The second kappa shape index (κ2) is 31.6. The molecule has 4 saturated carbocycles. The predicted octanol–water partition coefficient (Wildman–Crippen LogP) is 15.3. The van der Waals surface area contributed by atoms with Crippen LogP contribution in [-0.2, 0) is 47.6 Å². The molecule has 0 spiro atoms. The van der Waals surface area contributed by atoms with Gasteiger partial charge in [-0.1, -0.05) is 109 Å². The molecule has 2 unspecified atom stereocenters. The fraction of sp³-hybridized carbons (Fsp3) is 0.548. The van der Waals surface area contributed by atoms with Crippen molar-refractivity contribution in [1.82, 2.24) is 30.2 Å². The Balaban J connectivity index is 0.747. The van der Waals surface area contributed by atoms with Crippen LogP contribution >= 0.6 is 0 Å². The first-order valence-electron chi connectivity index (χ1n) is 38.1. The first-order valence-corrected chi connectivity index (χ1v) is 38.1. The third kappa shape index (κ3) is 19.1. The summed E-state index contributed by atoms with van der Waals surface area (Å²) in [5.74, 6) is 0.510. The summed E-state index contributed by atoms with van der Waals surface area (Å²) in [5, 5.41) is 14.5. The number of hydrogen-bond acceptors (Lipinski definition) is 14. The van der Waals surface area contributed by atoms with Gasteiger partial charge in [0, 0.05) is 77.0 Å². The Morgan fingerprint density at radius 1 is 0.377 bits per heavy atom. The number of alkyl carbamates (subject to hydrolysis) is 2. The average molecular weight is 1450 g/mol. The number of nitrogens with zero attached hydrogens (tertiary/aromatic N) is 6. The standard InChI is InChI=1S/C84H106N8O14/c1-81(2,3)103-77(97)85-75(86-78(98)104-82(4,5)6)91-41-37-89(38-42-91)69(93)33-35-71(95)101-67-31-27-55-47-59-48-56-28-32-68(102-72(96)36-34-70(94)90-39-43-92(44-40-90)76(87-79(99)105-83(7,8)9)88-80(100)106-84(10,11)12)74(58-26-30-64-54(46-58)24-22-52-18-14-16-20-62(52)64)66(56)50-60(59)49-65(55)73(67)57-25-29-63-53(45-57)23-21-51-17-13-15-19-61(51)63/h13-26,29-30,45-46,55-56,59-60,65-68,73-74H,27-28,31-44,47-50H2,1-12H3,(H,85,86,97,98)(H,87,88,99,100)/t55-,56+,59?,60?,65-,66+,67+,68-,73+,74-.